The fourth-order valence-corrected chi connectivity index (χ4v) is 2.05. The summed E-state index contributed by atoms with van der Waals surface area (Å²) in [5.41, 5.74) is 0.573. The molecule has 3 N–H and O–H groups in total. The van der Waals surface area contributed by atoms with Gasteiger partial charge in [0.05, 0.1) is 19.1 Å². The van der Waals surface area contributed by atoms with Crippen molar-refractivity contribution >= 4 is 5.97 Å². The van der Waals surface area contributed by atoms with Crippen LogP contribution in [-0.2, 0) is 11.3 Å². The lowest BCUT2D eigenvalue weighted by atomic mass is 9.88. The van der Waals surface area contributed by atoms with Crippen molar-refractivity contribution < 1.29 is 14.6 Å². The molecule has 1 aromatic rings. The molecule has 0 saturated carbocycles. The SMILES string of the molecule is COc1ncccc1CNC1(CC(=O)O)CNC1. The van der Waals surface area contributed by atoms with Crippen LogP contribution in [0.2, 0.25) is 0 Å². The highest BCUT2D eigenvalue weighted by molar-refractivity contribution is 5.68. The Morgan fingerprint density at radius 3 is 3.00 bits per heavy atom. The number of nitrogens with one attached hydrogen (secondary N) is 2. The fourth-order valence-electron chi connectivity index (χ4n) is 2.05. The van der Waals surface area contributed by atoms with E-state index in [4.69, 9.17) is 9.84 Å². The first kappa shape index (κ1) is 12.8. The Labute approximate surface area is 105 Å². The molecule has 1 aliphatic rings. The Morgan fingerprint density at radius 1 is 1.67 bits per heavy atom. The van der Waals surface area contributed by atoms with E-state index in [0.29, 0.717) is 25.5 Å². The van der Waals surface area contributed by atoms with Gasteiger partial charge in [0.25, 0.3) is 0 Å². The molecular weight excluding hydrogens is 234 g/mol. The molecule has 18 heavy (non-hydrogen) atoms. The number of carbonyl (C=O) groups is 1. The van der Waals surface area contributed by atoms with E-state index in [1.54, 1.807) is 13.3 Å². The molecule has 0 bridgehead atoms. The molecule has 0 amide bonds. The second-order valence-corrected chi connectivity index (χ2v) is 4.48. The van der Waals surface area contributed by atoms with E-state index in [-0.39, 0.29) is 12.0 Å². The second kappa shape index (κ2) is 5.32. The summed E-state index contributed by atoms with van der Waals surface area (Å²) >= 11 is 0. The number of hydrogen-bond donors (Lipinski definition) is 3. The van der Waals surface area contributed by atoms with Crippen molar-refractivity contribution in [1.82, 2.24) is 15.6 Å². The normalized spacial score (nSPS) is 16.9. The third kappa shape index (κ3) is 2.77. The molecule has 2 heterocycles. The lowest BCUT2D eigenvalue weighted by molar-refractivity contribution is -0.139. The van der Waals surface area contributed by atoms with Gasteiger partial charge < -0.3 is 20.5 Å². The zero-order valence-corrected chi connectivity index (χ0v) is 10.3. The van der Waals surface area contributed by atoms with E-state index < -0.39 is 5.97 Å². The lowest BCUT2D eigenvalue weighted by Gasteiger charge is -2.42. The summed E-state index contributed by atoms with van der Waals surface area (Å²) in [6.07, 6.45) is 1.78. The molecule has 0 aliphatic carbocycles. The van der Waals surface area contributed by atoms with Crippen molar-refractivity contribution in [2.45, 2.75) is 18.5 Å². The molecule has 0 unspecified atom stereocenters. The molecular formula is C12H17N3O3. The van der Waals surface area contributed by atoms with Gasteiger partial charge in [-0.3, -0.25) is 4.79 Å². The topological polar surface area (TPSA) is 83.5 Å². The summed E-state index contributed by atoms with van der Waals surface area (Å²) < 4.78 is 5.16. The van der Waals surface area contributed by atoms with Crippen molar-refractivity contribution in [3.8, 4) is 5.88 Å². The summed E-state index contributed by atoms with van der Waals surface area (Å²) in [7, 11) is 1.57. The van der Waals surface area contributed by atoms with Crippen molar-refractivity contribution in [3.63, 3.8) is 0 Å². The molecule has 0 spiro atoms. The molecule has 0 atom stereocenters. The Kier molecular flexibility index (Phi) is 3.78. The standard InChI is InChI=1S/C12H17N3O3/c1-18-11-9(3-2-4-14-11)6-15-12(5-10(16)17)7-13-8-12/h2-4,13,15H,5-8H2,1H3,(H,16,17). The quantitative estimate of drug-likeness (QED) is 0.660. The van der Waals surface area contributed by atoms with Crippen molar-refractivity contribution in [1.29, 1.82) is 0 Å². The van der Waals surface area contributed by atoms with Crippen LogP contribution in [0.5, 0.6) is 5.88 Å². The summed E-state index contributed by atoms with van der Waals surface area (Å²) in [5, 5.41) is 15.3. The van der Waals surface area contributed by atoms with E-state index >= 15 is 0 Å². The maximum absolute atomic E-state index is 10.8. The summed E-state index contributed by atoms with van der Waals surface area (Å²) in [4.78, 5) is 14.9. The largest absolute Gasteiger partial charge is 0.481 e. The van der Waals surface area contributed by atoms with E-state index in [0.717, 1.165) is 5.56 Å². The van der Waals surface area contributed by atoms with Crippen molar-refractivity contribution in [2.75, 3.05) is 20.2 Å². The van der Waals surface area contributed by atoms with Crippen LogP contribution in [0.25, 0.3) is 0 Å². The molecule has 0 radical (unpaired) electrons. The van der Waals surface area contributed by atoms with Gasteiger partial charge in [-0.05, 0) is 6.07 Å². The molecule has 98 valence electrons. The molecule has 2 rings (SSSR count). The molecule has 1 fully saturated rings. The highest BCUT2D eigenvalue weighted by atomic mass is 16.5. The number of carboxylic acids is 1. The highest BCUT2D eigenvalue weighted by Gasteiger charge is 2.38. The number of carboxylic acid groups (broad SMARTS) is 1. The third-order valence-corrected chi connectivity index (χ3v) is 3.11. The monoisotopic (exact) mass is 251 g/mol. The first-order valence-electron chi connectivity index (χ1n) is 5.81. The van der Waals surface area contributed by atoms with Crippen LogP contribution in [0.3, 0.4) is 0 Å². The van der Waals surface area contributed by atoms with Gasteiger partial charge in [-0.1, -0.05) is 6.07 Å². The van der Waals surface area contributed by atoms with Gasteiger partial charge in [-0.15, -0.1) is 0 Å². The van der Waals surface area contributed by atoms with E-state index in [1.165, 1.54) is 0 Å². The van der Waals surface area contributed by atoms with Gasteiger partial charge in [-0.25, -0.2) is 4.98 Å². The summed E-state index contributed by atoms with van der Waals surface area (Å²) in [6.45, 7) is 1.88. The lowest BCUT2D eigenvalue weighted by Crippen LogP contribution is -2.68. The maximum atomic E-state index is 10.8. The van der Waals surface area contributed by atoms with Gasteiger partial charge in [0.1, 0.15) is 0 Å². The van der Waals surface area contributed by atoms with Crippen LogP contribution in [0.15, 0.2) is 18.3 Å². The van der Waals surface area contributed by atoms with Gasteiger partial charge in [0.2, 0.25) is 5.88 Å². The molecule has 0 aromatic carbocycles. The average molecular weight is 251 g/mol. The minimum atomic E-state index is -0.790. The summed E-state index contributed by atoms with van der Waals surface area (Å²) in [5.74, 6) is -0.218. The predicted molar refractivity (Wildman–Crippen MR) is 65.5 cm³/mol. The Bertz CT molecular complexity index is 432. The number of hydrogen-bond acceptors (Lipinski definition) is 5. The number of ether oxygens (including phenoxy) is 1. The highest BCUT2D eigenvalue weighted by Crippen LogP contribution is 2.19. The maximum Gasteiger partial charge on any atom is 0.305 e. The number of nitrogens with zero attached hydrogens (tertiary/aromatic N) is 1. The van der Waals surface area contributed by atoms with Gasteiger partial charge in [0.15, 0.2) is 0 Å². The first-order chi connectivity index (χ1) is 8.65. The minimum Gasteiger partial charge on any atom is -0.481 e. The molecule has 6 heteroatoms. The smallest absolute Gasteiger partial charge is 0.305 e. The Balaban J connectivity index is 1.99. The van der Waals surface area contributed by atoms with Crippen LogP contribution < -0.4 is 15.4 Å². The predicted octanol–water partition coefficient (Wildman–Crippen LogP) is -0.00350. The number of pyridine rings is 1. The van der Waals surface area contributed by atoms with E-state index in [9.17, 15) is 4.79 Å². The van der Waals surface area contributed by atoms with Crippen molar-refractivity contribution in [2.24, 2.45) is 0 Å². The van der Waals surface area contributed by atoms with Crippen LogP contribution in [0.1, 0.15) is 12.0 Å². The zero-order valence-electron chi connectivity index (χ0n) is 10.3. The summed E-state index contributed by atoms with van der Waals surface area (Å²) in [6, 6.07) is 3.75. The van der Waals surface area contributed by atoms with Crippen LogP contribution in [-0.4, -0.2) is 41.8 Å². The average Bonchev–Trinajstić information content (AvgIpc) is 2.32. The third-order valence-electron chi connectivity index (χ3n) is 3.11. The van der Waals surface area contributed by atoms with Gasteiger partial charge in [-0.2, -0.15) is 0 Å². The number of aliphatic carboxylic acids is 1. The van der Waals surface area contributed by atoms with E-state index in [2.05, 4.69) is 15.6 Å². The van der Waals surface area contributed by atoms with E-state index in [1.807, 2.05) is 12.1 Å². The van der Waals surface area contributed by atoms with Crippen LogP contribution >= 0.6 is 0 Å². The molecule has 1 aromatic heterocycles. The number of aromatic nitrogens is 1. The molecule has 1 aliphatic heterocycles. The Morgan fingerprint density at radius 2 is 2.44 bits per heavy atom. The van der Waals surface area contributed by atoms with Crippen molar-refractivity contribution in [3.05, 3.63) is 23.9 Å². The number of methoxy groups -OCH3 is 1. The second-order valence-electron chi connectivity index (χ2n) is 4.48. The van der Waals surface area contributed by atoms with Gasteiger partial charge >= 0.3 is 5.97 Å². The molecule has 6 nitrogen and oxygen atoms in total. The first-order valence-corrected chi connectivity index (χ1v) is 5.81. The number of rotatable bonds is 6. The minimum absolute atomic E-state index is 0.114. The Hall–Kier alpha value is -1.66. The van der Waals surface area contributed by atoms with Crippen LogP contribution in [0, 0.1) is 0 Å². The molecule has 1 saturated heterocycles. The van der Waals surface area contributed by atoms with Gasteiger partial charge in [0, 0.05) is 31.4 Å². The fraction of sp³-hybridized carbons (Fsp3) is 0.500. The van der Waals surface area contributed by atoms with Crippen LogP contribution in [0.4, 0.5) is 0 Å². The zero-order chi connectivity index (χ0) is 13.0.